The van der Waals surface area contributed by atoms with Crippen LogP contribution in [0.15, 0.2) is 29.4 Å². The van der Waals surface area contributed by atoms with E-state index in [2.05, 4.69) is 11.8 Å². The molecule has 76 valence electrons. The van der Waals surface area contributed by atoms with Gasteiger partial charge in [-0.1, -0.05) is 0 Å². The molecule has 1 aromatic rings. The summed E-state index contributed by atoms with van der Waals surface area (Å²) in [6.45, 7) is 3.26. The first kappa shape index (κ1) is 10.6. The molecule has 0 unspecified atom stereocenters. The molecule has 14 heavy (non-hydrogen) atoms. The smallest absolute Gasteiger partial charge is 0.269 e. The molecule has 1 aromatic carbocycles. The molecule has 0 bridgehead atoms. The van der Waals surface area contributed by atoms with Crippen LogP contribution < -0.4 is 5.01 Å². The SMILES string of the molecule is C=NN(C)c1ccc(C(F)(F)F)cc1. The first-order valence-corrected chi connectivity index (χ1v) is 3.83. The van der Waals surface area contributed by atoms with E-state index in [0.29, 0.717) is 5.69 Å². The molecule has 5 heteroatoms. The molecule has 0 atom stereocenters. The zero-order valence-corrected chi connectivity index (χ0v) is 7.54. The Labute approximate surface area is 79.6 Å². The summed E-state index contributed by atoms with van der Waals surface area (Å²) in [6.07, 6.45) is -4.29. The largest absolute Gasteiger partial charge is 0.416 e. The van der Waals surface area contributed by atoms with E-state index < -0.39 is 11.7 Å². The van der Waals surface area contributed by atoms with Crippen LogP contribution in [0.5, 0.6) is 0 Å². The maximum Gasteiger partial charge on any atom is 0.416 e. The van der Waals surface area contributed by atoms with Gasteiger partial charge in [0.15, 0.2) is 0 Å². The van der Waals surface area contributed by atoms with Crippen molar-refractivity contribution in [2.45, 2.75) is 6.18 Å². The van der Waals surface area contributed by atoms with Gasteiger partial charge < -0.3 is 0 Å². The molecule has 0 aliphatic carbocycles. The number of alkyl halides is 3. The summed E-state index contributed by atoms with van der Waals surface area (Å²) in [5, 5.41) is 4.94. The monoisotopic (exact) mass is 202 g/mol. The number of hydrogen-bond donors (Lipinski definition) is 0. The van der Waals surface area contributed by atoms with Crippen molar-refractivity contribution in [1.29, 1.82) is 0 Å². The highest BCUT2D eigenvalue weighted by atomic mass is 19.4. The number of anilines is 1. The predicted molar refractivity (Wildman–Crippen MR) is 49.4 cm³/mol. The summed E-state index contributed by atoms with van der Waals surface area (Å²) in [5.41, 5.74) is -0.105. The van der Waals surface area contributed by atoms with E-state index in [1.807, 2.05) is 0 Å². The minimum atomic E-state index is -4.29. The third-order valence-electron chi connectivity index (χ3n) is 1.78. The second kappa shape index (κ2) is 3.69. The Bertz CT molecular complexity index is 316. The van der Waals surface area contributed by atoms with Crippen molar-refractivity contribution in [3.8, 4) is 0 Å². The maximum atomic E-state index is 12.2. The Balaban J connectivity index is 2.95. The van der Waals surface area contributed by atoms with Crippen molar-refractivity contribution in [2.24, 2.45) is 5.10 Å². The van der Waals surface area contributed by atoms with Crippen LogP contribution in [-0.2, 0) is 6.18 Å². The van der Waals surface area contributed by atoms with Crippen molar-refractivity contribution in [2.75, 3.05) is 12.1 Å². The van der Waals surface area contributed by atoms with E-state index >= 15 is 0 Å². The van der Waals surface area contributed by atoms with Gasteiger partial charge >= 0.3 is 6.18 Å². The van der Waals surface area contributed by atoms with Crippen LogP contribution in [0.3, 0.4) is 0 Å². The van der Waals surface area contributed by atoms with Gasteiger partial charge in [0, 0.05) is 13.8 Å². The third kappa shape index (κ3) is 2.25. The lowest BCUT2D eigenvalue weighted by Gasteiger charge is -2.13. The van der Waals surface area contributed by atoms with Gasteiger partial charge in [-0.15, -0.1) is 0 Å². The zero-order valence-electron chi connectivity index (χ0n) is 7.54. The molecule has 2 nitrogen and oxygen atoms in total. The lowest BCUT2D eigenvalue weighted by molar-refractivity contribution is -0.137. The highest BCUT2D eigenvalue weighted by molar-refractivity contribution is 5.48. The van der Waals surface area contributed by atoms with Gasteiger partial charge in [0.2, 0.25) is 0 Å². The molecule has 0 saturated carbocycles. The Morgan fingerprint density at radius 1 is 1.21 bits per heavy atom. The summed E-state index contributed by atoms with van der Waals surface area (Å²) in [7, 11) is 1.61. The average Bonchev–Trinajstić information content (AvgIpc) is 2.15. The number of hydrazone groups is 1. The molecular formula is C9H9F3N2. The molecule has 0 heterocycles. The number of halogens is 3. The lowest BCUT2D eigenvalue weighted by atomic mass is 10.2. The molecule has 0 aliphatic heterocycles. The Morgan fingerprint density at radius 2 is 1.71 bits per heavy atom. The molecule has 0 spiro atoms. The first-order valence-electron chi connectivity index (χ1n) is 3.83. The fourth-order valence-corrected chi connectivity index (χ4v) is 0.948. The highest BCUT2D eigenvalue weighted by Gasteiger charge is 2.29. The van der Waals surface area contributed by atoms with Crippen LogP contribution in [0.2, 0.25) is 0 Å². The second-order valence-corrected chi connectivity index (χ2v) is 2.71. The molecule has 0 aliphatic rings. The van der Waals surface area contributed by atoms with Crippen LogP contribution in [0.1, 0.15) is 5.56 Å². The van der Waals surface area contributed by atoms with Crippen LogP contribution >= 0.6 is 0 Å². The van der Waals surface area contributed by atoms with E-state index in [0.717, 1.165) is 12.1 Å². The summed E-state index contributed by atoms with van der Waals surface area (Å²) in [6, 6.07) is 4.71. The normalized spacial score (nSPS) is 11.1. The van der Waals surface area contributed by atoms with Crippen LogP contribution in [0.25, 0.3) is 0 Å². The van der Waals surface area contributed by atoms with E-state index in [1.54, 1.807) is 7.05 Å². The molecular weight excluding hydrogens is 193 g/mol. The van der Waals surface area contributed by atoms with Crippen molar-refractivity contribution in [3.63, 3.8) is 0 Å². The Hall–Kier alpha value is -1.52. The molecule has 0 amide bonds. The van der Waals surface area contributed by atoms with E-state index in [1.165, 1.54) is 17.1 Å². The maximum absolute atomic E-state index is 12.2. The van der Waals surface area contributed by atoms with Crippen LogP contribution in [-0.4, -0.2) is 13.8 Å². The van der Waals surface area contributed by atoms with Gasteiger partial charge in [0.05, 0.1) is 11.3 Å². The zero-order chi connectivity index (χ0) is 10.8. The van der Waals surface area contributed by atoms with Crippen molar-refractivity contribution >= 4 is 12.4 Å². The highest BCUT2D eigenvalue weighted by Crippen LogP contribution is 2.30. The topological polar surface area (TPSA) is 15.6 Å². The lowest BCUT2D eigenvalue weighted by Crippen LogP contribution is -2.09. The van der Waals surface area contributed by atoms with Crippen molar-refractivity contribution in [3.05, 3.63) is 29.8 Å². The standard InChI is InChI=1S/C9H9F3N2/c1-13-14(2)8-5-3-7(4-6-8)9(10,11)12/h3-6H,1H2,2H3. The Morgan fingerprint density at radius 3 is 2.07 bits per heavy atom. The van der Waals surface area contributed by atoms with Crippen LogP contribution in [0, 0.1) is 0 Å². The number of benzene rings is 1. The van der Waals surface area contributed by atoms with E-state index in [-0.39, 0.29) is 0 Å². The second-order valence-electron chi connectivity index (χ2n) is 2.71. The number of rotatable bonds is 2. The average molecular weight is 202 g/mol. The molecule has 1 rings (SSSR count). The first-order chi connectivity index (χ1) is 6.45. The van der Waals surface area contributed by atoms with Gasteiger partial charge in [0.25, 0.3) is 0 Å². The van der Waals surface area contributed by atoms with Gasteiger partial charge in [-0.2, -0.15) is 18.3 Å². The Kier molecular flexibility index (Phi) is 2.78. The molecule has 0 radical (unpaired) electrons. The predicted octanol–water partition coefficient (Wildman–Crippen LogP) is 2.76. The minimum absolute atomic E-state index is 0.563. The summed E-state index contributed by atoms with van der Waals surface area (Å²) in [5.74, 6) is 0. The van der Waals surface area contributed by atoms with Gasteiger partial charge in [0.1, 0.15) is 0 Å². The molecule has 0 N–H and O–H groups in total. The fourth-order valence-electron chi connectivity index (χ4n) is 0.948. The summed E-state index contributed by atoms with van der Waals surface area (Å²) in [4.78, 5) is 0. The van der Waals surface area contributed by atoms with E-state index in [9.17, 15) is 13.2 Å². The molecule has 0 fully saturated rings. The molecule has 0 aromatic heterocycles. The number of nitrogens with zero attached hydrogens (tertiary/aromatic N) is 2. The quantitative estimate of drug-likeness (QED) is 0.531. The third-order valence-corrected chi connectivity index (χ3v) is 1.78. The summed E-state index contributed by atoms with van der Waals surface area (Å²) < 4.78 is 36.5. The molecule has 0 saturated heterocycles. The van der Waals surface area contributed by atoms with Gasteiger partial charge in [-0.25, -0.2) is 0 Å². The minimum Gasteiger partial charge on any atom is -0.269 e. The van der Waals surface area contributed by atoms with Crippen molar-refractivity contribution in [1.82, 2.24) is 0 Å². The van der Waals surface area contributed by atoms with Crippen molar-refractivity contribution < 1.29 is 13.2 Å². The fraction of sp³-hybridized carbons (Fsp3) is 0.222. The van der Waals surface area contributed by atoms with E-state index in [4.69, 9.17) is 0 Å². The van der Waals surface area contributed by atoms with Gasteiger partial charge in [-0.05, 0) is 24.3 Å². The van der Waals surface area contributed by atoms with Gasteiger partial charge in [-0.3, -0.25) is 5.01 Å². The number of hydrogen-bond acceptors (Lipinski definition) is 2. The van der Waals surface area contributed by atoms with Crippen LogP contribution in [0.4, 0.5) is 18.9 Å². The summed E-state index contributed by atoms with van der Waals surface area (Å²) >= 11 is 0.